The SMILES string of the molecule is COCCc1ccc(OS(=O)(=O)c2ccc(F)c(F)c2F)cc1. The van der Waals surface area contributed by atoms with E-state index >= 15 is 0 Å². The molecule has 0 unspecified atom stereocenters. The highest BCUT2D eigenvalue weighted by Gasteiger charge is 2.25. The summed E-state index contributed by atoms with van der Waals surface area (Å²) in [5.41, 5.74) is 0.885. The second-order valence-corrected chi connectivity index (χ2v) is 6.11. The van der Waals surface area contributed by atoms with Gasteiger partial charge in [0.1, 0.15) is 10.6 Å². The molecule has 0 N–H and O–H groups in total. The van der Waals surface area contributed by atoms with Crippen molar-refractivity contribution in [1.29, 1.82) is 0 Å². The number of hydrogen-bond donors (Lipinski definition) is 0. The molecule has 4 nitrogen and oxygen atoms in total. The van der Waals surface area contributed by atoms with Crippen molar-refractivity contribution in [2.24, 2.45) is 0 Å². The van der Waals surface area contributed by atoms with Crippen molar-refractivity contribution in [3.63, 3.8) is 0 Å². The standard InChI is InChI=1S/C15H13F3O4S/c1-21-9-8-10-2-4-11(5-3-10)22-23(19,20)13-7-6-12(16)14(17)15(13)18/h2-7H,8-9H2,1H3. The van der Waals surface area contributed by atoms with Gasteiger partial charge in [-0.2, -0.15) is 8.42 Å². The predicted molar refractivity (Wildman–Crippen MR) is 76.2 cm³/mol. The third-order valence-corrected chi connectivity index (χ3v) is 4.26. The number of methoxy groups -OCH3 is 1. The zero-order valence-corrected chi connectivity index (χ0v) is 12.9. The summed E-state index contributed by atoms with van der Waals surface area (Å²) in [6, 6.07) is 7.11. The average Bonchev–Trinajstić information content (AvgIpc) is 2.51. The van der Waals surface area contributed by atoms with Gasteiger partial charge in [-0.25, -0.2) is 13.2 Å². The Morgan fingerprint density at radius 3 is 2.22 bits per heavy atom. The summed E-state index contributed by atoms with van der Waals surface area (Å²) in [6.45, 7) is 0.499. The molecule has 0 fully saturated rings. The van der Waals surface area contributed by atoms with Gasteiger partial charge in [-0.15, -0.1) is 0 Å². The third kappa shape index (κ3) is 4.02. The van der Waals surface area contributed by atoms with E-state index in [4.69, 9.17) is 8.92 Å². The molecule has 0 amide bonds. The Balaban J connectivity index is 2.23. The van der Waals surface area contributed by atoms with Gasteiger partial charge in [0.05, 0.1) is 6.61 Å². The van der Waals surface area contributed by atoms with Crippen LogP contribution in [0.1, 0.15) is 5.56 Å². The zero-order valence-electron chi connectivity index (χ0n) is 12.1. The summed E-state index contributed by atoms with van der Waals surface area (Å²) in [5, 5.41) is 0. The fraction of sp³-hybridized carbons (Fsp3) is 0.200. The van der Waals surface area contributed by atoms with Gasteiger partial charge in [-0.3, -0.25) is 0 Å². The minimum atomic E-state index is -4.62. The quantitative estimate of drug-likeness (QED) is 0.596. The summed E-state index contributed by atoms with van der Waals surface area (Å²) in [6.07, 6.45) is 0.626. The lowest BCUT2D eigenvalue weighted by Gasteiger charge is -2.09. The maximum Gasteiger partial charge on any atom is 0.342 e. The number of benzene rings is 2. The molecule has 2 aromatic carbocycles. The van der Waals surface area contributed by atoms with Crippen LogP contribution in [-0.4, -0.2) is 22.1 Å². The molecule has 0 aliphatic carbocycles. The van der Waals surface area contributed by atoms with Crippen molar-refractivity contribution >= 4 is 10.1 Å². The maximum absolute atomic E-state index is 13.6. The number of rotatable bonds is 6. The Morgan fingerprint density at radius 1 is 0.957 bits per heavy atom. The first-order valence-electron chi connectivity index (χ1n) is 6.51. The van der Waals surface area contributed by atoms with Crippen LogP contribution in [0.25, 0.3) is 0 Å². The molecule has 0 atom stereocenters. The van der Waals surface area contributed by atoms with Crippen molar-refractivity contribution in [1.82, 2.24) is 0 Å². The first-order chi connectivity index (χ1) is 10.8. The molecule has 0 saturated heterocycles. The molecule has 124 valence electrons. The average molecular weight is 346 g/mol. The van der Waals surface area contributed by atoms with Crippen LogP contribution in [0.15, 0.2) is 41.3 Å². The molecular formula is C15H13F3O4S. The van der Waals surface area contributed by atoms with E-state index in [2.05, 4.69) is 0 Å². The van der Waals surface area contributed by atoms with E-state index in [1.165, 1.54) is 12.1 Å². The first kappa shape index (κ1) is 17.3. The fourth-order valence-electron chi connectivity index (χ4n) is 1.80. The molecule has 0 radical (unpaired) electrons. The van der Waals surface area contributed by atoms with E-state index in [1.807, 2.05) is 0 Å². The molecule has 0 aliphatic rings. The van der Waals surface area contributed by atoms with Crippen LogP contribution in [0.4, 0.5) is 13.2 Å². The molecule has 0 spiro atoms. The summed E-state index contributed by atoms with van der Waals surface area (Å²) in [5.74, 6) is -5.24. The molecule has 0 aromatic heterocycles. The highest BCUT2D eigenvalue weighted by atomic mass is 32.2. The smallest absolute Gasteiger partial charge is 0.342 e. The van der Waals surface area contributed by atoms with Crippen molar-refractivity contribution < 1.29 is 30.5 Å². The number of halogens is 3. The van der Waals surface area contributed by atoms with Gasteiger partial charge in [0, 0.05) is 7.11 Å². The Kier molecular flexibility index (Phi) is 5.27. The summed E-state index contributed by atoms with van der Waals surface area (Å²) < 4.78 is 73.2. The van der Waals surface area contributed by atoms with Crippen LogP contribution >= 0.6 is 0 Å². The Bertz CT molecular complexity index is 789. The predicted octanol–water partition coefficient (Wildman–Crippen LogP) is 3.06. The summed E-state index contributed by atoms with van der Waals surface area (Å²) in [4.78, 5) is -1.07. The molecule has 2 aromatic rings. The number of ether oxygens (including phenoxy) is 1. The van der Waals surface area contributed by atoms with Crippen LogP contribution in [0, 0.1) is 17.5 Å². The monoisotopic (exact) mass is 346 g/mol. The van der Waals surface area contributed by atoms with Gasteiger partial charge in [0.25, 0.3) is 0 Å². The lowest BCUT2D eigenvalue weighted by Crippen LogP contribution is -2.13. The van der Waals surface area contributed by atoms with E-state index in [0.29, 0.717) is 25.2 Å². The molecule has 0 heterocycles. The van der Waals surface area contributed by atoms with E-state index in [9.17, 15) is 21.6 Å². The molecule has 0 bridgehead atoms. The van der Waals surface area contributed by atoms with Crippen LogP contribution < -0.4 is 4.18 Å². The van der Waals surface area contributed by atoms with Gasteiger partial charge in [0.15, 0.2) is 17.5 Å². The molecule has 0 aliphatic heterocycles. The minimum Gasteiger partial charge on any atom is -0.384 e. The van der Waals surface area contributed by atoms with Crippen LogP contribution in [-0.2, 0) is 21.3 Å². The Morgan fingerprint density at radius 2 is 1.61 bits per heavy atom. The molecule has 2 rings (SSSR count). The zero-order chi connectivity index (χ0) is 17.0. The van der Waals surface area contributed by atoms with Gasteiger partial charge in [0.2, 0.25) is 0 Å². The number of hydrogen-bond acceptors (Lipinski definition) is 4. The summed E-state index contributed by atoms with van der Waals surface area (Å²) >= 11 is 0. The largest absolute Gasteiger partial charge is 0.384 e. The molecular weight excluding hydrogens is 333 g/mol. The van der Waals surface area contributed by atoms with E-state index in [1.54, 1.807) is 19.2 Å². The first-order valence-corrected chi connectivity index (χ1v) is 7.92. The second kappa shape index (κ2) is 7.01. The van der Waals surface area contributed by atoms with E-state index in [-0.39, 0.29) is 5.75 Å². The van der Waals surface area contributed by atoms with Crippen LogP contribution in [0.5, 0.6) is 5.75 Å². The van der Waals surface area contributed by atoms with Crippen molar-refractivity contribution in [3.8, 4) is 5.75 Å². The van der Waals surface area contributed by atoms with E-state index < -0.39 is 32.5 Å². The lowest BCUT2D eigenvalue weighted by molar-refractivity contribution is 0.202. The Labute approximate surface area is 131 Å². The summed E-state index contributed by atoms with van der Waals surface area (Å²) in [7, 11) is -3.06. The highest BCUT2D eigenvalue weighted by molar-refractivity contribution is 7.87. The van der Waals surface area contributed by atoms with Crippen LogP contribution in [0.2, 0.25) is 0 Å². The fourth-order valence-corrected chi connectivity index (χ4v) is 2.80. The molecule has 0 saturated carbocycles. The van der Waals surface area contributed by atoms with Crippen molar-refractivity contribution in [3.05, 3.63) is 59.4 Å². The highest BCUT2D eigenvalue weighted by Crippen LogP contribution is 2.24. The third-order valence-electron chi connectivity index (χ3n) is 2.99. The van der Waals surface area contributed by atoms with Gasteiger partial charge < -0.3 is 8.92 Å². The molecule has 8 heteroatoms. The van der Waals surface area contributed by atoms with Gasteiger partial charge >= 0.3 is 10.1 Å². The van der Waals surface area contributed by atoms with Crippen LogP contribution in [0.3, 0.4) is 0 Å². The topological polar surface area (TPSA) is 52.6 Å². The lowest BCUT2D eigenvalue weighted by atomic mass is 10.1. The Hall–Kier alpha value is -2.06. The van der Waals surface area contributed by atoms with Gasteiger partial charge in [-0.1, -0.05) is 12.1 Å². The van der Waals surface area contributed by atoms with Gasteiger partial charge in [-0.05, 0) is 36.2 Å². The van der Waals surface area contributed by atoms with Crippen molar-refractivity contribution in [2.75, 3.05) is 13.7 Å². The van der Waals surface area contributed by atoms with E-state index in [0.717, 1.165) is 5.56 Å². The maximum atomic E-state index is 13.6. The molecule has 23 heavy (non-hydrogen) atoms. The normalized spacial score (nSPS) is 11.5. The second-order valence-electron chi connectivity index (χ2n) is 4.60. The van der Waals surface area contributed by atoms with Crippen molar-refractivity contribution in [2.45, 2.75) is 11.3 Å². The minimum absolute atomic E-state index is 0.0738.